The quantitative estimate of drug-likeness (QED) is 0.848. The van der Waals surface area contributed by atoms with E-state index in [0.717, 1.165) is 32.4 Å². The Morgan fingerprint density at radius 3 is 2.57 bits per heavy atom. The number of rotatable bonds is 4. The molecule has 120 valence electrons. The summed E-state index contributed by atoms with van der Waals surface area (Å²) in [5, 5.41) is 2.93. The van der Waals surface area contributed by atoms with Crippen molar-refractivity contribution >= 4 is 11.9 Å². The van der Waals surface area contributed by atoms with Crippen LogP contribution < -0.4 is 5.32 Å². The van der Waals surface area contributed by atoms with Crippen molar-refractivity contribution in [3.8, 4) is 0 Å². The maximum Gasteiger partial charge on any atom is 0.317 e. The Hall–Kier alpha value is -1.30. The molecule has 21 heavy (non-hydrogen) atoms. The van der Waals surface area contributed by atoms with E-state index in [4.69, 9.17) is 4.74 Å². The molecular weight excluding hydrogens is 270 g/mol. The predicted molar refractivity (Wildman–Crippen MR) is 80.0 cm³/mol. The molecule has 0 unspecified atom stereocenters. The molecule has 0 radical (unpaired) electrons. The molecular formula is C15H27N3O3. The van der Waals surface area contributed by atoms with Crippen molar-refractivity contribution in [1.82, 2.24) is 15.1 Å². The summed E-state index contributed by atoms with van der Waals surface area (Å²) in [6, 6.07) is 0.160. The summed E-state index contributed by atoms with van der Waals surface area (Å²) in [6.07, 6.45) is 3.28. The second-order valence-corrected chi connectivity index (χ2v) is 6.35. The van der Waals surface area contributed by atoms with Crippen molar-refractivity contribution in [3.63, 3.8) is 0 Å². The fraction of sp³-hybridized carbons (Fsp3) is 0.867. The molecule has 0 aromatic heterocycles. The largest absolute Gasteiger partial charge is 0.383 e. The molecule has 0 bridgehead atoms. The number of amides is 3. The van der Waals surface area contributed by atoms with Gasteiger partial charge in [-0.1, -0.05) is 0 Å². The fourth-order valence-corrected chi connectivity index (χ4v) is 3.40. The standard InChI is InChI=1S/C15H27N3O3/c1-12(2)16-14(20)17-8-6-15(7-9-17)5-4-13(19)18(15)10-11-21-3/h12H,4-11H2,1-3H3,(H,16,20). The van der Waals surface area contributed by atoms with Gasteiger partial charge >= 0.3 is 6.03 Å². The minimum atomic E-state index is -0.0514. The lowest BCUT2D eigenvalue weighted by Crippen LogP contribution is -2.56. The Balaban J connectivity index is 1.95. The summed E-state index contributed by atoms with van der Waals surface area (Å²) in [5.41, 5.74) is -0.0514. The first-order valence-electron chi connectivity index (χ1n) is 7.83. The number of methoxy groups -OCH3 is 1. The minimum absolute atomic E-state index is 0.00705. The number of carbonyl (C=O) groups is 2. The average molecular weight is 297 g/mol. The third-order valence-corrected chi connectivity index (χ3v) is 4.59. The lowest BCUT2D eigenvalue weighted by molar-refractivity contribution is -0.133. The molecule has 3 amide bonds. The highest BCUT2D eigenvalue weighted by Gasteiger charge is 2.47. The first-order valence-corrected chi connectivity index (χ1v) is 7.83. The van der Waals surface area contributed by atoms with Crippen LogP contribution in [0.1, 0.15) is 39.5 Å². The lowest BCUT2D eigenvalue weighted by Gasteiger charge is -2.45. The van der Waals surface area contributed by atoms with Gasteiger partial charge in [-0.05, 0) is 33.1 Å². The van der Waals surface area contributed by atoms with Crippen LogP contribution in [0.5, 0.6) is 0 Å². The number of ether oxygens (including phenoxy) is 1. The lowest BCUT2D eigenvalue weighted by atomic mass is 9.85. The van der Waals surface area contributed by atoms with E-state index in [-0.39, 0.29) is 23.5 Å². The van der Waals surface area contributed by atoms with E-state index in [2.05, 4.69) is 5.32 Å². The molecule has 2 aliphatic rings. The second kappa shape index (κ2) is 6.64. The molecule has 2 rings (SSSR count). The molecule has 1 N–H and O–H groups in total. The van der Waals surface area contributed by atoms with Crippen LogP contribution in [0.2, 0.25) is 0 Å². The normalized spacial score (nSPS) is 21.4. The zero-order valence-electron chi connectivity index (χ0n) is 13.4. The summed E-state index contributed by atoms with van der Waals surface area (Å²) in [5.74, 6) is 0.229. The van der Waals surface area contributed by atoms with Crippen molar-refractivity contribution in [3.05, 3.63) is 0 Å². The highest BCUT2D eigenvalue weighted by molar-refractivity contribution is 5.80. The molecule has 0 atom stereocenters. The van der Waals surface area contributed by atoms with Crippen LogP contribution in [-0.4, -0.2) is 66.7 Å². The molecule has 2 fully saturated rings. The van der Waals surface area contributed by atoms with Gasteiger partial charge in [0.15, 0.2) is 0 Å². The Kier molecular flexibility index (Phi) is 5.08. The summed E-state index contributed by atoms with van der Waals surface area (Å²) in [4.78, 5) is 28.0. The van der Waals surface area contributed by atoms with Crippen LogP contribution >= 0.6 is 0 Å². The van der Waals surface area contributed by atoms with Crippen LogP contribution in [0.25, 0.3) is 0 Å². The van der Waals surface area contributed by atoms with E-state index in [1.807, 2.05) is 23.6 Å². The van der Waals surface area contributed by atoms with Gasteiger partial charge in [-0.3, -0.25) is 4.79 Å². The maximum absolute atomic E-state index is 12.1. The number of nitrogens with one attached hydrogen (secondary N) is 1. The van der Waals surface area contributed by atoms with Gasteiger partial charge in [0.05, 0.1) is 6.61 Å². The van der Waals surface area contributed by atoms with Gasteiger partial charge in [-0.2, -0.15) is 0 Å². The van der Waals surface area contributed by atoms with Gasteiger partial charge in [0, 0.05) is 44.7 Å². The van der Waals surface area contributed by atoms with Crippen molar-refractivity contribution < 1.29 is 14.3 Å². The number of hydrogen-bond acceptors (Lipinski definition) is 3. The third kappa shape index (κ3) is 3.48. The molecule has 2 heterocycles. The molecule has 0 saturated carbocycles. The SMILES string of the molecule is COCCN1C(=O)CCC12CCN(C(=O)NC(C)C)CC2. The van der Waals surface area contributed by atoms with Gasteiger partial charge in [0.25, 0.3) is 0 Å². The molecule has 6 nitrogen and oxygen atoms in total. The van der Waals surface area contributed by atoms with Crippen LogP contribution in [0.15, 0.2) is 0 Å². The number of nitrogens with zero attached hydrogens (tertiary/aromatic N) is 2. The van der Waals surface area contributed by atoms with E-state index >= 15 is 0 Å². The molecule has 0 aromatic rings. The summed E-state index contributed by atoms with van der Waals surface area (Å²) < 4.78 is 5.12. The first-order chi connectivity index (χ1) is 9.98. The van der Waals surface area contributed by atoms with Crippen molar-refractivity contribution in [2.45, 2.75) is 51.1 Å². The maximum atomic E-state index is 12.1. The third-order valence-electron chi connectivity index (χ3n) is 4.59. The highest BCUT2D eigenvalue weighted by Crippen LogP contribution is 2.38. The zero-order chi connectivity index (χ0) is 15.5. The molecule has 0 aromatic carbocycles. The second-order valence-electron chi connectivity index (χ2n) is 6.35. The predicted octanol–water partition coefficient (Wildman–Crippen LogP) is 1.21. The highest BCUT2D eigenvalue weighted by atomic mass is 16.5. The Labute approximate surface area is 126 Å². The van der Waals surface area contributed by atoms with E-state index < -0.39 is 0 Å². The van der Waals surface area contributed by atoms with E-state index in [1.54, 1.807) is 7.11 Å². The van der Waals surface area contributed by atoms with Gasteiger partial charge < -0.3 is 19.9 Å². The smallest absolute Gasteiger partial charge is 0.317 e. The van der Waals surface area contributed by atoms with Crippen molar-refractivity contribution in [2.24, 2.45) is 0 Å². The zero-order valence-corrected chi connectivity index (χ0v) is 13.4. The summed E-state index contributed by atoms with van der Waals surface area (Å²) in [6.45, 7) is 6.60. The van der Waals surface area contributed by atoms with Crippen molar-refractivity contribution in [1.29, 1.82) is 0 Å². The Morgan fingerprint density at radius 1 is 1.33 bits per heavy atom. The average Bonchev–Trinajstić information content (AvgIpc) is 2.73. The van der Waals surface area contributed by atoms with Gasteiger partial charge in [-0.15, -0.1) is 0 Å². The topological polar surface area (TPSA) is 61.9 Å². The van der Waals surface area contributed by atoms with Crippen LogP contribution in [0.3, 0.4) is 0 Å². The number of piperidine rings is 1. The minimum Gasteiger partial charge on any atom is -0.383 e. The van der Waals surface area contributed by atoms with Crippen LogP contribution in [-0.2, 0) is 9.53 Å². The number of carbonyl (C=O) groups excluding carboxylic acids is 2. The first kappa shape index (κ1) is 16.1. The van der Waals surface area contributed by atoms with E-state index in [1.165, 1.54) is 0 Å². The Morgan fingerprint density at radius 2 is 2.00 bits per heavy atom. The molecule has 0 aliphatic carbocycles. The van der Waals surface area contributed by atoms with E-state index in [0.29, 0.717) is 19.6 Å². The van der Waals surface area contributed by atoms with Gasteiger partial charge in [-0.25, -0.2) is 4.79 Å². The van der Waals surface area contributed by atoms with Gasteiger partial charge in [0.2, 0.25) is 5.91 Å². The number of hydrogen-bond donors (Lipinski definition) is 1. The summed E-state index contributed by atoms with van der Waals surface area (Å²) >= 11 is 0. The molecule has 2 aliphatic heterocycles. The Bertz CT molecular complexity index is 390. The summed E-state index contributed by atoms with van der Waals surface area (Å²) in [7, 11) is 1.66. The molecule has 6 heteroatoms. The number of likely N-dealkylation sites (tertiary alicyclic amines) is 2. The molecule has 2 saturated heterocycles. The van der Waals surface area contributed by atoms with Gasteiger partial charge in [0.1, 0.15) is 0 Å². The fourth-order valence-electron chi connectivity index (χ4n) is 3.40. The van der Waals surface area contributed by atoms with E-state index in [9.17, 15) is 9.59 Å². The monoisotopic (exact) mass is 297 g/mol. The van der Waals surface area contributed by atoms with Crippen molar-refractivity contribution in [2.75, 3.05) is 33.4 Å². The number of urea groups is 1. The molecule has 1 spiro atoms. The van der Waals surface area contributed by atoms with Crippen LogP contribution in [0.4, 0.5) is 4.79 Å². The van der Waals surface area contributed by atoms with Crippen LogP contribution in [0, 0.1) is 0 Å².